The van der Waals surface area contributed by atoms with Crippen LogP contribution < -0.4 is 10.9 Å². The van der Waals surface area contributed by atoms with E-state index in [1.807, 2.05) is 32.0 Å². The highest BCUT2D eigenvalue weighted by Crippen LogP contribution is 2.17. The summed E-state index contributed by atoms with van der Waals surface area (Å²) < 4.78 is 14.7. The Morgan fingerprint density at radius 3 is 2.33 bits per heavy atom. The quantitative estimate of drug-likeness (QED) is 0.456. The van der Waals surface area contributed by atoms with E-state index in [0.29, 0.717) is 27.8 Å². The summed E-state index contributed by atoms with van der Waals surface area (Å²) in [5.74, 6) is -0.689. The number of rotatable bonds is 3. The van der Waals surface area contributed by atoms with Gasteiger partial charge in [0.15, 0.2) is 4.77 Å². The topological polar surface area (TPSA) is 66.9 Å². The molecule has 5 nitrogen and oxygen atoms in total. The molecule has 0 fully saturated rings. The Balaban J connectivity index is 1.74. The SMILES string of the molecule is Cc1cc(C)cc(NC(=O)c2ccc3c(=O)n(-c4ccc(F)cc4)c(=S)[nH]c3c2)c1. The molecule has 0 aliphatic carbocycles. The molecule has 2 N–H and O–H groups in total. The molecule has 0 bridgehead atoms. The summed E-state index contributed by atoms with van der Waals surface area (Å²) in [5.41, 5.74) is 3.77. The van der Waals surface area contributed by atoms with Gasteiger partial charge in [0.05, 0.1) is 16.6 Å². The maximum Gasteiger partial charge on any atom is 0.266 e. The number of nitrogens with one attached hydrogen (secondary N) is 2. The molecule has 0 aliphatic rings. The number of hydrogen-bond donors (Lipinski definition) is 2. The third-order valence-electron chi connectivity index (χ3n) is 4.72. The van der Waals surface area contributed by atoms with Gasteiger partial charge >= 0.3 is 0 Å². The number of aryl methyl sites for hydroxylation is 2. The van der Waals surface area contributed by atoms with E-state index in [0.717, 1.165) is 11.1 Å². The lowest BCUT2D eigenvalue weighted by Gasteiger charge is -2.10. The van der Waals surface area contributed by atoms with Crippen molar-refractivity contribution in [2.45, 2.75) is 13.8 Å². The molecule has 150 valence electrons. The first-order valence-corrected chi connectivity index (χ1v) is 9.67. The number of halogens is 1. The van der Waals surface area contributed by atoms with Crippen LogP contribution >= 0.6 is 12.2 Å². The highest BCUT2D eigenvalue weighted by atomic mass is 32.1. The van der Waals surface area contributed by atoms with E-state index in [-0.39, 0.29) is 16.2 Å². The van der Waals surface area contributed by atoms with Gasteiger partial charge in [-0.25, -0.2) is 4.39 Å². The summed E-state index contributed by atoms with van der Waals surface area (Å²) in [6.07, 6.45) is 0. The molecule has 0 spiro atoms. The average Bonchev–Trinajstić information content (AvgIpc) is 2.68. The number of nitrogens with zero attached hydrogens (tertiary/aromatic N) is 1. The minimum atomic E-state index is -0.401. The lowest BCUT2D eigenvalue weighted by atomic mass is 10.1. The third kappa shape index (κ3) is 3.79. The molecule has 0 aliphatic heterocycles. The Hall–Kier alpha value is -3.58. The van der Waals surface area contributed by atoms with Crippen molar-refractivity contribution < 1.29 is 9.18 Å². The maximum atomic E-state index is 13.2. The molecule has 3 aromatic carbocycles. The summed E-state index contributed by atoms with van der Waals surface area (Å²) in [5, 5.41) is 3.25. The zero-order valence-electron chi connectivity index (χ0n) is 16.3. The highest BCUT2D eigenvalue weighted by molar-refractivity contribution is 7.71. The van der Waals surface area contributed by atoms with Crippen LogP contribution in [-0.2, 0) is 0 Å². The molecule has 4 aromatic rings. The second kappa shape index (κ2) is 7.68. The Morgan fingerprint density at radius 2 is 1.67 bits per heavy atom. The van der Waals surface area contributed by atoms with Gasteiger partial charge < -0.3 is 10.3 Å². The summed E-state index contributed by atoms with van der Waals surface area (Å²) in [6.45, 7) is 3.93. The van der Waals surface area contributed by atoms with Crippen LogP contribution in [0.3, 0.4) is 0 Å². The Kier molecular flexibility index (Phi) is 5.05. The molecule has 0 radical (unpaired) electrons. The van der Waals surface area contributed by atoms with Gasteiger partial charge in [-0.15, -0.1) is 0 Å². The van der Waals surface area contributed by atoms with Crippen LogP contribution in [0.4, 0.5) is 10.1 Å². The van der Waals surface area contributed by atoms with E-state index >= 15 is 0 Å². The largest absolute Gasteiger partial charge is 0.331 e. The van der Waals surface area contributed by atoms with E-state index in [2.05, 4.69) is 10.3 Å². The van der Waals surface area contributed by atoms with Crippen LogP contribution in [0.25, 0.3) is 16.6 Å². The molecule has 0 saturated heterocycles. The fraction of sp³-hybridized carbons (Fsp3) is 0.0870. The number of anilines is 1. The number of carbonyl (C=O) groups is 1. The van der Waals surface area contributed by atoms with Crippen LogP contribution in [0.2, 0.25) is 0 Å². The van der Waals surface area contributed by atoms with Crippen molar-refractivity contribution >= 4 is 34.7 Å². The predicted molar refractivity (Wildman–Crippen MR) is 119 cm³/mol. The molecule has 0 unspecified atom stereocenters. The fourth-order valence-electron chi connectivity index (χ4n) is 3.43. The number of benzene rings is 3. The summed E-state index contributed by atoms with van der Waals surface area (Å²) in [7, 11) is 0. The number of H-pyrrole nitrogens is 1. The molecule has 30 heavy (non-hydrogen) atoms. The first-order chi connectivity index (χ1) is 14.3. The van der Waals surface area contributed by atoms with Crippen LogP contribution in [-0.4, -0.2) is 15.5 Å². The van der Waals surface area contributed by atoms with Crippen molar-refractivity contribution in [3.05, 3.63) is 98.3 Å². The van der Waals surface area contributed by atoms with E-state index in [4.69, 9.17) is 12.2 Å². The van der Waals surface area contributed by atoms with Crippen LogP contribution in [0.5, 0.6) is 0 Å². The van der Waals surface area contributed by atoms with Gasteiger partial charge in [-0.1, -0.05) is 6.07 Å². The number of aromatic nitrogens is 2. The number of fused-ring (bicyclic) bond motifs is 1. The van der Waals surface area contributed by atoms with Crippen LogP contribution in [0, 0.1) is 24.4 Å². The van der Waals surface area contributed by atoms with Crippen LogP contribution in [0.1, 0.15) is 21.5 Å². The second-order valence-corrected chi connectivity index (χ2v) is 7.52. The Morgan fingerprint density at radius 1 is 1.00 bits per heavy atom. The van der Waals surface area contributed by atoms with E-state index in [1.165, 1.54) is 28.8 Å². The summed E-state index contributed by atoms with van der Waals surface area (Å²) in [6, 6.07) is 16.1. The van der Waals surface area contributed by atoms with Crippen molar-refractivity contribution in [3.8, 4) is 5.69 Å². The molecule has 1 aromatic heterocycles. The molecular weight excluding hydrogens is 401 g/mol. The van der Waals surface area contributed by atoms with Gasteiger partial charge in [0, 0.05) is 11.3 Å². The third-order valence-corrected chi connectivity index (χ3v) is 5.01. The molecule has 7 heteroatoms. The van der Waals surface area contributed by atoms with Gasteiger partial charge in [0.1, 0.15) is 5.82 Å². The van der Waals surface area contributed by atoms with E-state index in [1.54, 1.807) is 18.2 Å². The minimum Gasteiger partial charge on any atom is -0.331 e. The standard InChI is InChI=1S/C23H18FN3O2S/c1-13-9-14(2)11-17(10-13)25-21(28)15-3-8-19-20(12-15)26-23(30)27(22(19)29)18-6-4-16(24)5-7-18/h3-12H,1-2H3,(H,25,28)(H,26,30). The lowest BCUT2D eigenvalue weighted by molar-refractivity contribution is 0.102. The number of hydrogen-bond acceptors (Lipinski definition) is 3. The Bertz CT molecular complexity index is 1380. The smallest absolute Gasteiger partial charge is 0.266 e. The highest BCUT2D eigenvalue weighted by Gasteiger charge is 2.12. The second-order valence-electron chi connectivity index (χ2n) is 7.14. The van der Waals surface area contributed by atoms with Crippen molar-refractivity contribution in [1.82, 2.24) is 9.55 Å². The van der Waals surface area contributed by atoms with Gasteiger partial charge in [0.25, 0.3) is 11.5 Å². The van der Waals surface area contributed by atoms with Gasteiger partial charge in [-0.3, -0.25) is 14.2 Å². The van der Waals surface area contributed by atoms with Gasteiger partial charge in [-0.05, 0) is 91.8 Å². The average molecular weight is 419 g/mol. The van der Waals surface area contributed by atoms with Crippen molar-refractivity contribution in [3.63, 3.8) is 0 Å². The zero-order valence-corrected chi connectivity index (χ0v) is 17.1. The lowest BCUT2D eigenvalue weighted by Crippen LogP contribution is -2.21. The minimum absolute atomic E-state index is 0.158. The van der Waals surface area contributed by atoms with Gasteiger partial charge in [0.2, 0.25) is 0 Å². The van der Waals surface area contributed by atoms with Gasteiger partial charge in [-0.2, -0.15) is 0 Å². The maximum absolute atomic E-state index is 13.2. The number of amides is 1. The van der Waals surface area contributed by atoms with Crippen molar-refractivity contribution in [2.24, 2.45) is 0 Å². The normalized spacial score (nSPS) is 10.9. The van der Waals surface area contributed by atoms with E-state index < -0.39 is 5.82 Å². The molecule has 1 amide bonds. The fourth-order valence-corrected chi connectivity index (χ4v) is 3.73. The van der Waals surface area contributed by atoms with Crippen LogP contribution in [0.15, 0.2) is 65.5 Å². The first kappa shape index (κ1) is 19.7. The first-order valence-electron chi connectivity index (χ1n) is 9.26. The number of aromatic amines is 1. The molecule has 0 atom stereocenters. The molecule has 0 saturated carbocycles. The van der Waals surface area contributed by atoms with Crippen molar-refractivity contribution in [1.29, 1.82) is 0 Å². The predicted octanol–water partition coefficient (Wildman–Crippen LogP) is 5.06. The monoisotopic (exact) mass is 419 g/mol. The summed E-state index contributed by atoms with van der Waals surface area (Å²) in [4.78, 5) is 28.7. The summed E-state index contributed by atoms with van der Waals surface area (Å²) >= 11 is 5.34. The van der Waals surface area contributed by atoms with Crippen molar-refractivity contribution in [2.75, 3.05) is 5.32 Å². The zero-order chi connectivity index (χ0) is 21.4. The molecule has 1 heterocycles. The Labute approximate surface area is 176 Å². The molecular formula is C23H18FN3O2S. The molecule has 4 rings (SSSR count). The number of carbonyl (C=O) groups excluding carboxylic acids is 1. The van der Waals surface area contributed by atoms with E-state index in [9.17, 15) is 14.0 Å².